The summed E-state index contributed by atoms with van der Waals surface area (Å²) in [5.41, 5.74) is 1.98. The average Bonchev–Trinajstić information content (AvgIpc) is 2.51. The lowest BCUT2D eigenvalue weighted by atomic mass is 9.92. The Morgan fingerprint density at radius 3 is 2.42 bits per heavy atom. The van der Waals surface area contributed by atoms with Crippen molar-refractivity contribution in [2.24, 2.45) is 10.4 Å². The van der Waals surface area contributed by atoms with Gasteiger partial charge in [0, 0.05) is 20.1 Å². The molecule has 0 aliphatic carbocycles. The van der Waals surface area contributed by atoms with E-state index in [4.69, 9.17) is 0 Å². The second kappa shape index (κ2) is 10.5. The number of benzene rings is 1. The van der Waals surface area contributed by atoms with E-state index in [0.717, 1.165) is 0 Å². The van der Waals surface area contributed by atoms with Crippen molar-refractivity contribution in [3.05, 3.63) is 35.4 Å². The number of hydrogen-bond acceptors (Lipinski definition) is 2. The molecule has 0 saturated heterocycles. The lowest BCUT2D eigenvalue weighted by Crippen LogP contribution is -2.48. The Kier molecular flexibility index (Phi) is 9.96. The van der Waals surface area contributed by atoms with E-state index in [1.807, 2.05) is 32.9 Å². The third-order valence-corrected chi connectivity index (χ3v) is 3.88. The summed E-state index contributed by atoms with van der Waals surface area (Å²) in [5, 5.41) is 9.48. The maximum atomic E-state index is 12.0. The number of nitrogens with one attached hydrogen (secondary N) is 3. The molecule has 24 heavy (non-hydrogen) atoms. The van der Waals surface area contributed by atoms with Gasteiger partial charge in [0.05, 0.1) is 11.5 Å². The van der Waals surface area contributed by atoms with Crippen molar-refractivity contribution in [1.82, 2.24) is 16.0 Å². The van der Waals surface area contributed by atoms with Crippen molar-refractivity contribution in [1.29, 1.82) is 0 Å². The van der Waals surface area contributed by atoms with Crippen LogP contribution in [0.5, 0.6) is 0 Å². The molecule has 3 N–H and O–H groups in total. The van der Waals surface area contributed by atoms with E-state index in [0.29, 0.717) is 19.0 Å². The highest BCUT2D eigenvalue weighted by molar-refractivity contribution is 14.0. The number of hydrogen-bond donors (Lipinski definition) is 3. The van der Waals surface area contributed by atoms with E-state index in [-0.39, 0.29) is 35.9 Å². The molecular formula is C18H31IN4O. The summed E-state index contributed by atoms with van der Waals surface area (Å²) in [7, 11) is 1.74. The first kappa shape index (κ1) is 22.7. The fourth-order valence-electron chi connectivity index (χ4n) is 2.33. The molecule has 6 heteroatoms. The minimum absolute atomic E-state index is 0. The van der Waals surface area contributed by atoms with Gasteiger partial charge in [-0.2, -0.15) is 0 Å². The first-order chi connectivity index (χ1) is 10.8. The Morgan fingerprint density at radius 1 is 1.25 bits per heavy atom. The standard InChI is InChI=1S/C18H30N4O.HI/c1-7-20-16(23)18(4,5)12-21-17(19-6)22-14(3)15-11-9-8-10-13(15)2;/h8-11,14H,7,12H2,1-6H3,(H,20,23)(H2,19,21,22);1H. The molecule has 1 unspecified atom stereocenters. The van der Waals surface area contributed by atoms with Crippen LogP contribution in [0.15, 0.2) is 29.3 Å². The van der Waals surface area contributed by atoms with Gasteiger partial charge in [0.25, 0.3) is 0 Å². The summed E-state index contributed by atoms with van der Waals surface area (Å²) in [6, 6.07) is 8.42. The van der Waals surface area contributed by atoms with Gasteiger partial charge in [-0.25, -0.2) is 0 Å². The van der Waals surface area contributed by atoms with Crippen LogP contribution in [0.3, 0.4) is 0 Å². The van der Waals surface area contributed by atoms with E-state index in [2.05, 4.69) is 46.9 Å². The molecule has 0 heterocycles. The summed E-state index contributed by atoms with van der Waals surface area (Å²) >= 11 is 0. The molecule has 1 amide bonds. The maximum Gasteiger partial charge on any atom is 0.227 e. The molecular weight excluding hydrogens is 415 g/mol. The molecule has 0 saturated carbocycles. The van der Waals surface area contributed by atoms with Crippen LogP contribution in [-0.4, -0.2) is 32.0 Å². The number of carbonyl (C=O) groups is 1. The summed E-state index contributed by atoms with van der Waals surface area (Å²) in [6.45, 7) is 11.1. The molecule has 1 rings (SSSR count). The van der Waals surface area contributed by atoms with Crippen LogP contribution in [-0.2, 0) is 4.79 Å². The number of nitrogens with zero attached hydrogens (tertiary/aromatic N) is 1. The molecule has 1 atom stereocenters. The van der Waals surface area contributed by atoms with Gasteiger partial charge in [-0.1, -0.05) is 24.3 Å². The summed E-state index contributed by atoms with van der Waals surface area (Å²) < 4.78 is 0. The minimum atomic E-state index is -0.500. The van der Waals surface area contributed by atoms with Crippen molar-refractivity contribution in [3.8, 4) is 0 Å². The van der Waals surface area contributed by atoms with Gasteiger partial charge in [0.1, 0.15) is 0 Å². The zero-order valence-electron chi connectivity index (χ0n) is 15.6. The number of rotatable bonds is 6. The van der Waals surface area contributed by atoms with Crippen LogP contribution in [0.1, 0.15) is 44.9 Å². The minimum Gasteiger partial charge on any atom is -0.356 e. The molecule has 0 fully saturated rings. The largest absolute Gasteiger partial charge is 0.356 e. The van der Waals surface area contributed by atoms with Crippen molar-refractivity contribution >= 4 is 35.8 Å². The highest BCUT2D eigenvalue weighted by Gasteiger charge is 2.27. The number of aliphatic imine (C=N–C) groups is 1. The monoisotopic (exact) mass is 446 g/mol. The zero-order chi connectivity index (χ0) is 17.5. The fraction of sp³-hybridized carbons (Fsp3) is 0.556. The SMILES string of the molecule is CCNC(=O)C(C)(C)CNC(=NC)NC(C)c1ccccc1C.I. The Hall–Kier alpha value is -1.31. The molecule has 5 nitrogen and oxygen atoms in total. The molecule has 136 valence electrons. The lowest BCUT2D eigenvalue weighted by molar-refractivity contribution is -0.128. The average molecular weight is 446 g/mol. The Bertz CT molecular complexity index is 558. The Labute approximate surface area is 163 Å². The summed E-state index contributed by atoms with van der Waals surface area (Å²) in [5.74, 6) is 0.730. The van der Waals surface area contributed by atoms with Crippen molar-refractivity contribution < 1.29 is 4.79 Å². The van der Waals surface area contributed by atoms with Crippen LogP contribution in [0, 0.1) is 12.3 Å². The van der Waals surface area contributed by atoms with Crippen LogP contribution < -0.4 is 16.0 Å². The number of amides is 1. The molecule has 0 aliphatic rings. The van der Waals surface area contributed by atoms with Gasteiger partial charge in [-0.05, 0) is 45.7 Å². The van der Waals surface area contributed by atoms with Crippen molar-refractivity contribution in [2.75, 3.05) is 20.1 Å². The van der Waals surface area contributed by atoms with Gasteiger partial charge in [0.15, 0.2) is 5.96 Å². The first-order valence-corrected chi connectivity index (χ1v) is 8.12. The number of aryl methyl sites for hydroxylation is 1. The number of halogens is 1. The molecule has 1 aromatic rings. The van der Waals surface area contributed by atoms with Crippen molar-refractivity contribution in [2.45, 2.75) is 40.7 Å². The van der Waals surface area contributed by atoms with E-state index in [1.165, 1.54) is 11.1 Å². The van der Waals surface area contributed by atoms with E-state index >= 15 is 0 Å². The molecule has 1 aromatic carbocycles. The third kappa shape index (κ3) is 6.67. The highest BCUT2D eigenvalue weighted by Crippen LogP contribution is 2.17. The number of guanidine groups is 1. The van der Waals surface area contributed by atoms with Crippen LogP contribution >= 0.6 is 24.0 Å². The second-order valence-corrected chi connectivity index (χ2v) is 6.39. The Balaban J connectivity index is 0.00000529. The molecule has 0 aromatic heterocycles. The fourth-order valence-corrected chi connectivity index (χ4v) is 2.33. The normalized spacial score (nSPS) is 12.8. The molecule has 0 radical (unpaired) electrons. The number of carbonyl (C=O) groups excluding carboxylic acids is 1. The van der Waals surface area contributed by atoms with Crippen LogP contribution in [0.2, 0.25) is 0 Å². The maximum absolute atomic E-state index is 12.0. The quantitative estimate of drug-likeness (QED) is 0.358. The second-order valence-electron chi connectivity index (χ2n) is 6.39. The third-order valence-electron chi connectivity index (χ3n) is 3.88. The van der Waals surface area contributed by atoms with Gasteiger partial charge in [-0.15, -0.1) is 24.0 Å². The molecule has 0 aliphatic heterocycles. The van der Waals surface area contributed by atoms with Crippen LogP contribution in [0.25, 0.3) is 0 Å². The van der Waals surface area contributed by atoms with E-state index in [9.17, 15) is 4.79 Å². The van der Waals surface area contributed by atoms with Gasteiger partial charge in [0.2, 0.25) is 5.91 Å². The summed E-state index contributed by atoms with van der Waals surface area (Å²) in [6.07, 6.45) is 0. The summed E-state index contributed by atoms with van der Waals surface area (Å²) in [4.78, 5) is 16.3. The van der Waals surface area contributed by atoms with Gasteiger partial charge < -0.3 is 16.0 Å². The zero-order valence-corrected chi connectivity index (χ0v) is 17.9. The highest BCUT2D eigenvalue weighted by atomic mass is 127. The van der Waals surface area contributed by atoms with E-state index in [1.54, 1.807) is 7.05 Å². The van der Waals surface area contributed by atoms with Crippen LogP contribution in [0.4, 0.5) is 0 Å². The lowest BCUT2D eigenvalue weighted by Gasteiger charge is -2.26. The van der Waals surface area contributed by atoms with Gasteiger partial charge >= 0.3 is 0 Å². The topological polar surface area (TPSA) is 65.5 Å². The smallest absolute Gasteiger partial charge is 0.227 e. The molecule has 0 bridgehead atoms. The predicted molar refractivity (Wildman–Crippen MR) is 112 cm³/mol. The van der Waals surface area contributed by atoms with Crippen molar-refractivity contribution in [3.63, 3.8) is 0 Å². The first-order valence-electron chi connectivity index (χ1n) is 8.12. The van der Waals surface area contributed by atoms with Gasteiger partial charge in [-0.3, -0.25) is 9.79 Å². The Morgan fingerprint density at radius 2 is 1.88 bits per heavy atom. The predicted octanol–water partition coefficient (Wildman–Crippen LogP) is 3.00. The molecule has 0 spiro atoms. The van der Waals surface area contributed by atoms with E-state index < -0.39 is 5.41 Å².